The number of aromatic nitrogens is 1. The van der Waals surface area contributed by atoms with E-state index in [0.29, 0.717) is 19.5 Å². The molecule has 5 heteroatoms. The van der Waals surface area contributed by atoms with Gasteiger partial charge in [-0.25, -0.2) is 9.37 Å². The number of benzene rings is 1. The monoisotopic (exact) mass is 287 g/mol. The van der Waals surface area contributed by atoms with Gasteiger partial charge in [0.15, 0.2) is 0 Å². The normalized spacial score (nSPS) is 10.4. The molecule has 0 aliphatic rings. The highest BCUT2D eigenvalue weighted by Gasteiger charge is 2.18. The molecule has 0 fully saturated rings. The largest absolute Gasteiger partial charge is 0.330 e. The van der Waals surface area contributed by atoms with Crippen LogP contribution in [-0.2, 0) is 0 Å². The molecule has 21 heavy (non-hydrogen) atoms. The molecule has 1 aromatic carbocycles. The van der Waals surface area contributed by atoms with Crippen LogP contribution in [0.2, 0.25) is 0 Å². The summed E-state index contributed by atoms with van der Waals surface area (Å²) in [7, 11) is 0. The van der Waals surface area contributed by atoms with E-state index in [1.807, 2.05) is 31.2 Å². The van der Waals surface area contributed by atoms with Crippen LogP contribution in [0.25, 0.3) is 0 Å². The number of carbonyl (C=O) groups is 1. The van der Waals surface area contributed by atoms with Crippen molar-refractivity contribution in [3.05, 3.63) is 59.7 Å². The standard InChI is InChI=1S/C16H18FN3O/c1-12-4-2-5-14(10-12)20(9-3-8-18)16(21)15-7-6-13(17)11-19-15/h2,4-7,10-11H,3,8-9,18H2,1H3. The summed E-state index contributed by atoms with van der Waals surface area (Å²) in [5.74, 6) is -0.718. The summed E-state index contributed by atoms with van der Waals surface area (Å²) in [4.78, 5) is 18.1. The van der Waals surface area contributed by atoms with E-state index in [1.54, 1.807) is 4.90 Å². The highest BCUT2D eigenvalue weighted by molar-refractivity contribution is 6.04. The number of hydrogen-bond donors (Lipinski definition) is 1. The Morgan fingerprint density at radius 1 is 1.33 bits per heavy atom. The fourth-order valence-electron chi connectivity index (χ4n) is 2.03. The number of nitrogens with two attached hydrogens (primary N) is 1. The van der Waals surface area contributed by atoms with Gasteiger partial charge in [-0.15, -0.1) is 0 Å². The number of rotatable bonds is 5. The minimum atomic E-state index is -0.462. The van der Waals surface area contributed by atoms with Crippen molar-refractivity contribution in [3.8, 4) is 0 Å². The Kier molecular flexibility index (Phi) is 5.00. The Labute approximate surface area is 123 Å². The highest BCUT2D eigenvalue weighted by Crippen LogP contribution is 2.18. The van der Waals surface area contributed by atoms with Crippen LogP contribution in [0.3, 0.4) is 0 Å². The number of halogens is 1. The number of pyridine rings is 1. The highest BCUT2D eigenvalue weighted by atomic mass is 19.1. The van der Waals surface area contributed by atoms with Crippen LogP contribution in [0.15, 0.2) is 42.6 Å². The van der Waals surface area contributed by atoms with Crippen LogP contribution < -0.4 is 10.6 Å². The van der Waals surface area contributed by atoms with Crippen LogP contribution in [-0.4, -0.2) is 24.0 Å². The van der Waals surface area contributed by atoms with Gasteiger partial charge in [0.2, 0.25) is 0 Å². The Hall–Kier alpha value is -2.27. The second kappa shape index (κ2) is 6.95. The fraction of sp³-hybridized carbons (Fsp3) is 0.250. The lowest BCUT2D eigenvalue weighted by Gasteiger charge is -2.22. The zero-order valence-electron chi connectivity index (χ0n) is 11.9. The van der Waals surface area contributed by atoms with Crippen molar-refractivity contribution < 1.29 is 9.18 Å². The van der Waals surface area contributed by atoms with Gasteiger partial charge in [-0.1, -0.05) is 12.1 Å². The molecular formula is C16H18FN3O. The lowest BCUT2D eigenvalue weighted by Crippen LogP contribution is -2.33. The molecule has 2 aromatic rings. The molecule has 0 radical (unpaired) electrons. The topological polar surface area (TPSA) is 59.2 Å². The third-order valence-electron chi connectivity index (χ3n) is 3.09. The maximum Gasteiger partial charge on any atom is 0.276 e. The first-order valence-electron chi connectivity index (χ1n) is 6.82. The number of nitrogens with zero attached hydrogens (tertiary/aromatic N) is 2. The van der Waals surface area contributed by atoms with Gasteiger partial charge in [-0.05, 0) is 49.7 Å². The molecule has 0 aliphatic carbocycles. The average molecular weight is 287 g/mol. The lowest BCUT2D eigenvalue weighted by atomic mass is 10.2. The minimum absolute atomic E-state index is 0.218. The van der Waals surface area contributed by atoms with Crippen molar-refractivity contribution in [1.29, 1.82) is 0 Å². The van der Waals surface area contributed by atoms with Gasteiger partial charge < -0.3 is 10.6 Å². The second-order valence-corrected chi connectivity index (χ2v) is 4.80. The zero-order chi connectivity index (χ0) is 15.2. The number of aryl methyl sites for hydroxylation is 1. The van der Waals surface area contributed by atoms with Crippen molar-refractivity contribution >= 4 is 11.6 Å². The summed E-state index contributed by atoms with van der Waals surface area (Å²) >= 11 is 0. The fourth-order valence-corrected chi connectivity index (χ4v) is 2.03. The molecule has 1 aromatic heterocycles. The van der Waals surface area contributed by atoms with Gasteiger partial charge in [0, 0.05) is 12.2 Å². The molecule has 2 N–H and O–H groups in total. The van der Waals surface area contributed by atoms with Crippen LogP contribution in [0.4, 0.5) is 10.1 Å². The maximum atomic E-state index is 12.9. The average Bonchev–Trinajstić information content (AvgIpc) is 2.48. The second-order valence-electron chi connectivity index (χ2n) is 4.80. The van der Waals surface area contributed by atoms with Crippen LogP contribution in [0, 0.1) is 12.7 Å². The first-order chi connectivity index (χ1) is 10.1. The molecule has 4 nitrogen and oxygen atoms in total. The maximum absolute atomic E-state index is 12.9. The summed E-state index contributed by atoms with van der Waals surface area (Å²) in [6.45, 7) is 2.95. The van der Waals surface area contributed by atoms with Crippen LogP contribution >= 0.6 is 0 Å². The SMILES string of the molecule is Cc1cccc(N(CCCN)C(=O)c2ccc(F)cn2)c1. The van der Waals surface area contributed by atoms with Gasteiger partial charge in [0.25, 0.3) is 5.91 Å². The van der Waals surface area contributed by atoms with Crippen molar-refractivity contribution in [1.82, 2.24) is 4.98 Å². The van der Waals surface area contributed by atoms with Crippen molar-refractivity contribution in [3.63, 3.8) is 0 Å². The third-order valence-corrected chi connectivity index (χ3v) is 3.09. The van der Waals surface area contributed by atoms with Gasteiger partial charge in [0.05, 0.1) is 6.20 Å². The van der Waals surface area contributed by atoms with E-state index in [2.05, 4.69) is 4.98 Å². The van der Waals surface area contributed by atoms with Crippen LogP contribution in [0.5, 0.6) is 0 Å². The molecule has 0 unspecified atom stereocenters. The van der Waals surface area contributed by atoms with E-state index >= 15 is 0 Å². The molecule has 2 rings (SSSR count). The smallest absolute Gasteiger partial charge is 0.276 e. The van der Waals surface area contributed by atoms with E-state index in [1.165, 1.54) is 12.1 Å². The van der Waals surface area contributed by atoms with Gasteiger partial charge in [0.1, 0.15) is 11.5 Å². The molecular weight excluding hydrogens is 269 g/mol. The summed E-state index contributed by atoms with van der Waals surface area (Å²) in [5.41, 5.74) is 7.61. The predicted molar refractivity (Wildman–Crippen MR) is 80.7 cm³/mol. The van der Waals surface area contributed by atoms with Gasteiger partial charge in [-0.2, -0.15) is 0 Å². The van der Waals surface area contributed by atoms with Gasteiger partial charge in [-0.3, -0.25) is 4.79 Å². The number of amides is 1. The molecule has 0 bridgehead atoms. The summed E-state index contributed by atoms with van der Waals surface area (Å²) in [5, 5.41) is 0. The number of carbonyl (C=O) groups excluding carboxylic acids is 1. The molecule has 1 amide bonds. The number of anilines is 1. The molecule has 0 saturated carbocycles. The van der Waals surface area contributed by atoms with Crippen molar-refractivity contribution in [2.24, 2.45) is 5.73 Å². The number of hydrogen-bond acceptors (Lipinski definition) is 3. The van der Waals surface area contributed by atoms with E-state index in [0.717, 1.165) is 17.4 Å². The van der Waals surface area contributed by atoms with E-state index < -0.39 is 5.82 Å². The first-order valence-corrected chi connectivity index (χ1v) is 6.82. The zero-order valence-corrected chi connectivity index (χ0v) is 11.9. The molecule has 0 saturated heterocycles. The van der Waals surface area contributed by atoms with E-state index in [4.69, 9.17) is 5.73 Å². The van der Waals surface area contributed by atoms with Crippen molar-refractivity contribution in [2.45, 2.75) is 13.3 Å². The minimum Gasteiger partial charge on any atom is -0.330 e. The first kappa shape index (κ1) is 15.1. The Bertz CT molecular complexity index is 613. The summed E-state index contributed by atoms with van der Waals surface area (Å²) < 4.78 is 12.9. The Balaban J connectivity index is 2.31. The molecule has 0 atom stereocenters. The predicted octanol–water partition coefficient (Wildman–Crippen LogP) is 2.52. The summed E-state index contributed by atoms with van der Waals surface area (Å²) in [6, 6.07) is 10.3. The Morgan fingerprint density at radius 3 is 2.76 bits per heavy atom. The van der Waals surface area contributed by atoms with Crippen molar-refractivity contribution in [2.75, 3.05) is 18.0 Å². The molecule has 1 heterocycles. The van der Waals surface area contributed by atoms with E-state index in [-0.39, 0.29) is 11.6 Å². The molecule has 0 aliphatic heterocycles. The summed E-state index contributed by atoms with van der Waals surface area (Å²) in [6.07, 6.45) is 1.73. The Morgan fingerprint density at radius 2 is 2.14 bits per heavy atom. The quantitative estimate of drug-likeness (QED) is 0.919. The third kappa shape index (κ3) is 3.86. The van der Waals surface area contributed by atoms with Gasteiger partial charge >= 0.3 is 0 Å². The molecule has 0 spiro atoms. The van der Waals surface area contributed by atoms with E-state index in [9.17, 15) is 9.18 Å². The van der Waals surface area contributed by atoms with Crippen LogP contribution in [0.1, 0.15) is 22.5 Å². The molecule has 110 valence electrons. The lowest BCUT2D eigenvalue weighted by molar-refractivity contribution is 0.0982.